The lowest BCUT2D eigenvalue weighted by Crippen LogP contribution is -2.16. The van der Waals surface area contributed by atoms with Gasteiger partial charge in [-0.2, -0.15) is 0 Å². The van der Waals surface area contributed by atoms with Crippen LogP contribution in [0.2, 0.25) is 0 Å². The number of hydrogen-bond acceptors (Lipinski definition) is 3. The smallest absolute Gasteiger partial charge is 0.337 e. The molecule has 5 heteroatoms. The molecule has 1 aromatic heterocycles. The molecule has 1 aliphatic heterocycles. The maximum Gasteiger partial charge on any atom is 0.337 e. The van der Waals surface area contributed by atoms with E-state index in [4.69, 9.17) is 5.11 Å². The second-order valence-corrected chi connectivity index (χ2v) is 4.84. The molecule has 0 saturated carbocycles. The molecular formula is C15H13FN2O2. The molecule has 2 heterocycles. The quantitative estimate of drug-likeness (QED) is 0.913. The number of fused-ring (bicyclic) bond motifs is 1. The maximum atomic E-state index is 13.4. The first-order valence-corrected chi connectivity index (χ1v) is 6.32. The molecule has 0 atom stereocenters. The number of rotatable bonds is 2. The van der Waals surface area contributed by atoms with E-state index in [2.05, 4.69) is 4.98 Å². The van der Waals surface area contributed by atoms with Crippen molar-refractivity contribution in [2.24, 2.45) is 0 Å². The van der Waals surface area contributed by atoms with Crippen LogP contribution in [0.4, 0.5) is 15.9 Å². The molecule has 0 spiro atoms. The normalized spacial score (nSPS) is 13.4. The minimum absolute atomic E-state index is 0.157. The van der Waals surface area contributed by atoms with Gasteiger partial charge in [0.15, 0.2) is 0 Å². The Morgan fingerprint density at radius 2 is 2.20 bits per heavy atom. The summed E-state index contributed by atoms with van der Waals surface area (Å²) in [5.41, 5.74) is 2.81. The average Bonchev–Trinajstić information content (AvgIpc) is 2.81. The number of hydrogen-bond donors (Lipinski definition) is 1. The van der Waals surface area contributed by atoms with Crippen molar-refractivity contribution < 1.29 is 14.3 Å². The standard InChI is InChI=1S/C15H13FN2O2/c1-9-6-11(15(19)20)8-17-14(9)18-5-4-10-2-3-12(16)7-13(10)18/h2-3,6-8H,4-5H2,1H3,(H,19,20). The fourth-order valence-corrected chi connectivity index (χ4v) is 2.54. The van der Waals surface area contributed by atoms with Crippen LogP contribution in [-0.2, 0) is 6.42 Å². The molecule has 4 nitrogen and oxygen atoms in total. The van der Waals surface area contributed by atoms with Gasteiger partial charge >= 0.3 is 5.97 Å². The monoisotopic (exact) mass is 272 g/mol. The van der Waals surface area contributed by atoms with E-state index in [1.54, 1.807) is 12.1 Å². The van der Waals surface area contributed by atoms with E-state index in [1.807, 2.05) is 11.8 Å². The maximum absolute atomic E-state index is 13.4. The van der Waals surface area contributed by atoms with Crippen molar-refractivity contribution in [1.29, 1.82) is 0 Å². The molecule has 0 unspecified atom stereocenters. The molecule has 1 aromatic carbocycles. The molecule has 0 fully saturated rings. The summed E-state index contributed by atoms with van der Waals surface area (Å²) in [7, 11) is 0. The Labute approximate surface area is 115 Å². The van der Waals surface area contributed by atoms with Crippen molar-refractivity contribution in [3.8, 4) is 0 Å². The number of carboxylic acids is 1. The van der Waals surface area contributed by atoms with Gasteiger partial charge < -0.3 is 10.0 Å². The van der Waals surface area contributed by atoms with Gasteiger partial charge in [0.1, 0.15) is 11.6 Å². The van der Waals surface area contributed by atoms with E-state index in [0.717, 1.165) is 29.8 Å². The molecule has 0 bridgehead atoms. The van der Waals surface area contributed by atoms with E-state index in [0.29, 0.717) is 5.82 Å². The Hall–Kier alpha value is -2.43. The summed E-state index contributed by atoms with van der Waals surface area (Å²) < 4.78 is 13.4. The number of pyridine rings is 1. The van der Waals surface area contributed by atoms with Gasteiger partial charge in [-0.15, -0.1) is 0 Å². The van der Waals surface area contributed by atoms with E-state index >= 15 is 0 Å². The number of aryl methyl sites for hydroxylation is 1. The third-order valence-corrected chi connectivity index (χ3v) is 3.50. The van der Waals surface area contributed by atoms with Gasteiger partial charge in [-0.05, 0) is 42.7 Å². The molecule has 2 aromatic rings. The van der Waals surface area contributed by atoms with Gasteiger partial charge in [0.05, 0.1) is 5.56 Å². The molecule has 0 amide bonds. The van der Waals surface area contributed by atoms with Gasteiger partial charge in [-0.25, -0.2) is 14.2 Å². The van der Waals surface area contributed by atoms with Crippen LogP contribution in [0.15, 0.2) is 30.5 Å². The third-order valence-electron chi connectivity index (χ3n) is 3.50. The van der Waals surface area contributed by atoms with E-state index < -0.39 is 5.97 Å². The first-order chi connectivity index (χ1) is 9.56. The summed E-state index contributed by atoms with van der Waals surface area (Å²) in [6, 6.07) is 6.32. The van der Waals surface area contributed by atoms with Crippen molar-refractivity contribution >= 4 is 17.5 Å². The summed E-state index contributed by atoms with van der Waals surface area (Å²) >= 11 is 0. The Kier molecular flexibility index (Phi) is 2.89. The first kappa shape index (κ1) is 12.6. The lowest BCUT2D eigenvalue weighted by Gasteiger charge is -2.20. The number of aromatic nitrogens is 1. The lowest BCUT2D eigenvalue weighted by atomic mass is 10.1. The zero-order chi connectivity index (χ0) is 14.3. The van der Waals surface area contributed by atoms with E-state index in [9.17, 15) is 9.18 Å². The zero-order valence-electron chi connectivity index (χ0n) is 10.9. The van der Waals surface area contributed by atoms with Crippen LogP contribution in [0.25, 0.3) is 0 Å². The Bertz CT molecular complexity index is 700. The van der Waals surface area contributed by atoms with Crippen LogP contribution in [0, 0.1) is 12.7 Å². The van der Waals surface area contributed by atoms with Crippen LogP contribution in [0.1, 0.15) is 21.5 Å². The number of halogens is 1. The highest BCUT2D eigenvalue weighted by Gasteiger charge is 2.23. The van der Waals surface area contributed by atoms with Crippen LogP contribution in [0.5, 0.6) is 0 Å². The van der Waals surface area contributed by atoms with Gasteiger partial charge in [-0.3, -0.25) is 0 Å². The number of carbonyl (C=O) groups is 1. The fourth-order valence-electron chi connectivity index (χ4n) is 2.54. The first-order valence-electron chi connectivity index (χ1n) is 6.32. The van der Waals surface area contributed by atoms with Crippen LogP contribution in [-0.4, -0.2) is 22.6 Å². The molecule has 0 aliphatic carbocycles. The second-order valence-electron chi connectivity index (χ2n) is 4.84. The summed E-state index contributed by atoms with van der Waals surface area (Å²) in [6.07, 6.45) is 2.17. The highest BCUT2D eigenvalue weighted by atomic mass is 19.1. The highest BCUT2D eigenvalue weighted by molar-refractivity contribution is 5.88. The van der Waals surface area contributed by atoms with Crippen LogP contribution >= 0.6 is 0 Å². The summed E-state index contributed by atoms with van der Waals surface area (Å²) in [4.78, 5) is 17.1. The van der Waals surface area contributed by atoms with Crippen molar-refractivity contribution in [3.05, 3.63) is 53.0 Å². The highest BCUT2D eigenvalue weighted by Crippen LogP contribution is 2.35. The van der Waals surface area contributed by atoms with Gasteiger partial charge in [0, 0.05) is 18.4 Å². The minimum Gasteiger partial charge on any atom is -0.478 e. The van der Waals surface area contributed by atoms with Crippen LogP contribution < -0.4 is 4.90 Å². The average molecular weight is 272 g/mol. The molecule has 102 valence electrons. The molecule has 1 aliphatic rings. The predicted octanol–water partition coefficient (Wildman–Crippen LogP) is 2.92. The summed E-state index contributed by atoms with van der Waals surface area (Å²) in [5.74, 6) is -0.602. The molecular weight excluding hydrogens is 259 g/mol. The molecule has 20 heavy (non-hydrogen) atoms. The largest absolute Gasteiger partial charge is 0.478 e. The predicted molar refractivity (Wildman–Crippen MR) is 73.0 cm³/mol. The molecule has 0 saturated heterocycles. The van der Waals surface area contributed by atoms with Crippen molar-refractivity contribution in [3.63, 3.8) is 0 Å². The third kappa shape index (κ3) is 2.01. The van der Waals surface area contributed by atoms with Gasteiger partial charge in [0.2, 0.25) is 0 Å². The van der Waals surface area contributed by atoms with Crippen molar-refractivity contribution in [2.45, 2.75) is 13.3 Å². The summed E-state index contributed by atoms with van der Waals surface area (Å²) in [5, 5.41) is 8.96. The van der Waals surface area contributed by atoms with Crippen LogP contribution in [0.3, 0.4) is 0 Å². The molecule has 0 radical (unpaired) electrons. The SMILES string of the molecule is Cc1cc(C(=O)O)cnc1N1CCc2ccc(F)cc21. The number of carboxylic acid groups (broad SMARTS) is 1. The Balaban J connectivity index is 2.04. The minimum atomic E-state index is -1.000. The number of aromatic carboxylic acids is 1. The Morgan fingerprint density at radius 1 is 1.40 bits per heavy atom. The second kappa shape index (κ2) is 4.59. The van der Waals surface area contributed by atoms with E-state index in [-0.39, 0.29) is 11.4 Å². The molecule has 3 rings (SSSR count). The number of nitrogens with zero attached hydrogens (tertiary/aromatic N) is 2. The Morgan fingerprint density at radius 3 is 2.90 bits per heavy atom. The van der Waals surface area contributed by atoms with Gasteiger partial charge in [-0.1, -0.05) is 6.07 Å². The van der Waals surface area contributed by atoms with E-state index in [1.165, 1.54) is 18.3 Å². The topological polar surface area (TPSA) is 53.4 Å². The fraction of sp³-hybridized carbons (Fsp3) is 0.200. The number of anilines is 2. The van der Waals surface area contributed by atoms with Gasteiger partial charge in [0.25, 0.3) is 0 Å². The summed E-state index contributed by atoms with van der Waals surface area (Å²) in [6.45, 7) is 2.53. The zero-order valence-corrected chi connectivity index (χ0v) is 10.9. The van der Waals surface area contributed by atoms with Crippen molar-refractivity contribution in [1.82, 2.24) is 4.98 Å². The number of benzene rings is 1. The lowest BCUT2D eigenvalue weighted by molar-refractivity contribution is 0.0696. The molecule has 1 N–H and O–H groups in total. The van der Waals surface area contributed by atoms with Crippen molar-refractivity contribution in [2.75, 3.05) is 11.4 Å².